The van der Waals surface area contributed by atoms with Crippen LogP contribution < -0.4 is 16.7 Å². The minimum atomic E-state index is -0.657. The number of fused-ring (bicyclic) bond motifs is 1. The number of ketones is 1. The van der Waals surface area contributed by atoms with Gasteiger partial charge in [-0.1, -0.05) is 44.0 Å². The number of carbonyl (C=O) groups excluding carboxylic acids is 1. The molecule has 9 heteroatoms. The van der Waals surface area contributed by atoms with Gasteiger partial charge in [-0.15, -0.1) is 0 Å². The van der Waals surface area contributed by atoms with Crippen molar-refractivity contribution in [2.75, 3.05) is 5.32 Å². The molecule has 4 aromatic rings. The van der Waals surface area contributed by atoms with Crippen LogP contribution in [0.5, 0.6) is 0 Å². The van der Waals surface area contributed by atoms with E-state index >= 15 is 0 Å². The zero-order valence-electron chi connectivity index (χ0n) is 21.5. The van der Waals surface area contributed by atoms with E-state index in [0.717, 1.165) is 38.8 Å². The molecule has 4 rings (SSSR count). The van der Waals surface area contributed by atoms with E-state index in [2.05, 4.69) is 10.3 Å². The number of nitrogens with one attached hydrogen (secondary N) is 1. The molecule has 0 saturated carbocycles. The van der Waals surface area contributed by atoms with Crippen LogP contribution in [0.2, 0.25) is 5.02 Å². The summed E-state index contributed by atoms with van der Waals surface area (Å²) in [6.07, 6.45) is 1.74. The summed E-state index contributed by atoms with van der Waals surface area (Å²) < 4.78 is 8.47. The number of aromatic nitrogens is 3. The lowest BCUT2D eigenvalue weighted by atomic mass is 10.0. The zero-order valence-corrected chi connectivity index (χ0v) is 22.3. The van der Waals surface area contributed by atoms with Crippen LogP contribution in [0.25, 0.3) is 11.0 Å². The van der Waals surface area contributed by atoms with E-state index in [4.69, 9.17) is 16.0 Å². The summed E-state index contributed by atoms with van der Waals surface area (Å²) in [6, 6.07) is 12.8. The predicted molar refractivity (Wildman–Crippen MR) is 146 cm³/mol. The Morgan fingerprint density at radius 3 is 2.49 bits per heavy atom. The van der Waals surface area contributed by atoms with Gasteiger partial charge >= 0.3 is 11.4 Å². The van der Waals surface area contributed by atoms with Gasteiger partial charge in [0.25, 0.3) is 0 Å². The molecule has 0 saturated heterocycles. The Hall–Kier alpha value is -3.65. The molecule has 0 bridgehead atoms. The maximum atomic E-state index is 13.6. The maximum Gasteiger partial charge on any atom is 0.354 e. The van der Waals surface area contributed by atoms with Gasteiger partial charge in [0.05, 0.1) is 6.54 Å². The van der Waals surface area contributed by atoms with E-state index in [-0.39, 0.29) is 30.7 Å². The number of hydrogen-bond acceptors (Lipinski definition) is 6. The number of hydrogen-bond donors (Lipinski definition) is 1. The Kier molecular flexibility index (Phi) is 7.97. The van der Waals surface area contributed by atoms with Crippen LogP contribution in [-0.4, -0.2) is 19.9 Å². The number of halogens is 1. The molecular formula is C28H31ClN4O4. The molecule has 0 amide bonds. The highest BCUT2D eigenvalue weighted by Crippen LogP contribution is 2.29. The molecule has 0 aliphatic carbocycles. The highest BCUT2D eigenvalue weighted by atomic mass is 35.5. The van der Waals surface area contributed by atoms with Gasteiger partial charge in [0.1, 0.15) is 17.1 Å². The van der Waals surface area contributed by atoms with Crippen molar-refractivity contribution in [1.29, 1.82) is 0 Å². The second-order valence-electron chi connectivity index (χ2n) is 9.34. The average Bonchev–Trinajstić information content (AvgIpc) is 3.19. The number of benzene rings is 2. The lowest BCUT2D eigenvalue weighted by Crippen LogP contribution is -2.44. The Balaban J connectivity index is 1.78. The van der Waals surface area contributed by atoms with Crippen LogP contribution in [0, 0.1) is 12.8 Å². The van der Waals surface area contributed by atoms with Crippen LogP contribution in [0.4, 0.5) is 11.6 Å². The molecule has 0 aliphatic heterocycles. The summed E-state index contributed by atoms with van der Waals surface area (Å²) in [4.78, 5) is 42.6. The molecule has 0 unspecified atom stereocenters. The molecule has 0 fully saturated rings. The Morgan fingerprint density at radius 1 is 1.11 bits per heavy atom. The van der Waals surface area contributed by atoms with Crippen molar-refractivity contribution < 1.29 is 9.21 Å². The van der Waals surface area contributed by atoms with Crippen molar-refractivity contribution in [2.45, 2.75) is 60.0 Å². The first-order valence-electron chi connectivity index (χ1n) is 12.4. The topological polar surface area (TPSA) is 99.1 Å². The van der Waals surface area contributed by atoms with Gasteiger partial charge in [-0.05, 0) is 61.2 Å². The molecular weight excluding hydrogens is 492 g/mol. The SMILES string of the molecule is CCc1oc2ccc(Nc3nc(=O)n(C[C@H](CC)CC(C)=O)c(=O)n3Cc3ccc(Cl)cc3)cc2c1C. The van der Waals surface area contributed by atoms with Crippen LogP contribution in [0.15, 0.2) is 56.5 Å². The van der Waals surface area contributed by atoms with E-state index in [1.807, 2.05) is 51.1 Å². The van der Waals surface area contributed by atoms with E-state index in [9.17, 15) is 14.4 Å². The molecule has 2 aromatic heterocycles. The average molecular weight is 523 g/mol. The summed E-state index contributed by atoms with van der Waals surface area (Å²) in [6.45, 7) is 7.81. The smallest absolute Gasteiger partial charge is 0.354 e. The summed E-state index contributed by atoms with van der Waals surface area (Å²) in [5.74, 6) is 0.941. The fourth-order valence-electron chi connectivity index (χ4n) is 4.51. The number of Topliss-reactive ketones (excluding diaryl/α,β-unsaturated/α-hetero) is 1. The number of rotatable bonds is 10. The van der Waals surface area contributed by atoms with Crippen LogP contribution in [0.3, 0.4) is 0 Å². The molecule has 0 radical (unpaired) electrons. The number of anilines is 2. The quantitative estimate of drug-likeness (QED) is 0.296. The monoisotopic (exact) mass is 522 g/mol. The van der Waals surface area contributed by atoms with Gasteiger partial charge in [0.2, 0.25) is 5.95 Å². The first-order valence-corrected chi connectivity index (χ1v) is 12.8. The zero-order chi connectivity index (χ0) is 26.7. The summed E-state index contributed by atoms with van der Waals surface area (Å²) in [7, 11) is 0. The predicted octanol–water partition coefficient (Wildman–Crippen LogP) is 5.47. The third kappa shape index (κ3) is 5.85. The molecule has 37 heavy (non-hydrogen) atoms. The molecule has 8 nitrogen and oxygen atoms in total. The second kappa shape index (κ2) is 11.2. The number of aryl methyl sites for hydroxylation is 2. The number of furan rings is 1. The summed E-state index contributed by atoms with van der Waals surface area (Å²) in [5.41, 5.74) is 2.18. The van der Waals surface area contributed by atoms with Crippen molar-refractivity contribution in [3.63, 3.8) is 0 Å². The molecule has 0 aliphatic rings. The minimum Gasteiger partial charge on any atom is -0.461 e. The standard InChI is InChI=1S/C28H31ClN4O4/c1-5-19(13-17(3)34)15-33-27(35)31-26(32(28(33)36)16-20-7-9-21(29)10-8-20)30-22-11-12-25-23(14-22)18(4)24(6-2)37-25/h7-12,14,19H,5-6,13,15-16H2,1-4H3,(H,30,31,35)/t19-/m1/s1. The van der Waals surface area contributed by atoms with Gasteiger partial charge in [-0.2, -0.15) is 4.98 Å². The lowest BCUT2D eigenvalue weighted by Gasteiger charge is -2.18. The highest BCUT2D eigenvalue weighted by Gasteiger charge is 2.19. The van der Waals surface area contributed by atoms with Crippen molar-refractivity contribution in [1.82, 2.24) is 14.1 Å². The Morgan fingerprint density at radius 2 is 1.84 bits per heavy atom. The van der Waals surface area contributed by atoms with Crippen molar-refractivity contribution in [3.8, 4) is 0 Å². The first kappa shape index (κ1) is 26.4. The van der Waals surface area contributed by atoms with Gasteiger partial charge in [0, 0.05) is 35.5 Å². The van der Waals surface area contributed by atoms with Gasteiger partial charge < -0.3 is 14.5 Å². The molecule has 1 atom stereocenters. The van der Waals surface area contributed by atoms with Crippen molar-refractivity contribution in [2.24, 2.45) is 5.92 Å². The number of nitrogens with zero attached hydrogens (tertiary/aromatic N) is 3. The molecule has 2 aromatic carbocycles. The lowest BCUT2D eigenvalue weighted by molar-refractivity contribution is -0.118. The minimum absolute atomic E-state index is 0.0174. The van der Waals surface area contributed by atoms with Crippen molar-refractivity contribution in [3.05, 3.63) is 85.3 Å². The molecule has 0 spiro atoms. The van der Waals surface area contributed by atoms with Gasteiger partial charge in [0.15, 0.2) is 0 Å². The third-order valence-electron chi connectivity index (χ3n) is 6.61. The largest absolute Gasteiger partial charge is 0.461 e. The van der Waals surface area contributed by atoms with E-state index < -0.39 is 11.4 Å². The Labute approximate surface area is 219 Å². The Bertz CT molecular complexity index is 1550. The summed E-state index contributed by atoms with van der Waals surface area (Å²) in [5, 5.41) is 4.72. The van der Waals surface area contributed by atoms with E-state index in [0.29, 0.717) is 23.6 Å². The highest BCUT2D eigenvalue weighted by molar-refractivity contribution is 6.30. The van der Waals surface area contributed by atoms with Crippen molar-refractivity contribution >= 4 is 40.0 Å². The fraction of sp³-hybridized carbons (Fsp3) is 0.357. The molecule has 1 N–H and O–H groups in total. The van der Waals surface area contributed by atoms with Gasteiger partial charge in [-0.3, -0.25) is 4.57 Å². The fourth-order valence-corrected chi connectivity index (χ4v) is 4.64. The van der Waals surface area contributed by atoms with Gasteiger partial charge in [-0.25, -0.2) is 14.2 Å². The molecule has 194 valence electrons. The van der Waals surface area contributed by atoms with E-state index in [1.165, 1.54) is 11.5 Å². The first-order chi connectivity index (χ1) is 17.7. The van der Waals surface area contributed by atoms with E-state index in [1.54, 1.807) is 12.1 Å². The normalized spacial score (nSPS) is 12.1. The second-order valence-corrected chi connectivity index (χ2v) is 9.78. The molecule has 2 heterocycles. The number of carbonyl (C=O) groups is 1. The maximum absolute atomic E-state index is 13.6. The summed E-state index contributed by atoms with van der Waals surface area (Å²) >= 11 is 6.04. The van der Waals surface area contributed by atoms with Crippen LogP contribution in [0.1, 0.15) is 50.5 Å². The van der Waals surface area contributed by atoms with Crippen LogP contribution >= 0.6 is 11.6 Å². The third-order valence-corrected chi connectivity index (χ3v) is 6.86. The van der Waals surface area contributed by atoms with Crippen LogP contribution in [-0.2, 0) is 24.3 Å².